The van der Waals surface area contributed by atoms with Crippen molar-refractivity contribution in [3.05, 3.63) is 65.0 Å². The van der Waals surface area contributed by atoms with Gasteiger partial charge in [-0.1, -0.05) is 29.8 Å². The Morgan fingerprint density at radius 3 is 2.76 bits per heavy atom. The number of anilines is 1. The van der Waals surface area contributed by atoms with Gasteiger partial charge in [-0.15, -0.1) is 0 Å². The third kappa shape index (κ3) is 2.12. The Morgan fingerprint density at radius 2 is 1.95 bits per heavy atom. The Hall–Kier alpha value is -1.87. The average Bonchev–Trinajstić information content (AvgIpc) is 2.97. The van der Waals surface area contributed by atoms with E-state index in [1.54, 1.807) is 0 Å². The normalized spacial score (nSPS) is 26.9. The van der Waals surface area contributed by atoms with E-state index < -0.39 is 0 Å². The van der Waals surface area contributed by atoms with Gasteiger partial charge in [0, 0.05) is 23.8 Å². The van der Waals surface area contributed by atoms with Crippen molar-refractivity contribution in [2.24, 2.45) is 5.92 Å². The van der Waals surface area contributed by atoms with E-state index >= 15 is 0 Å². The first kappa shape index (κ1) is 12.8. The van der Waals surface area contributed by atoms with Crippen LogP contribution in [0.3, 0.4) is 0 Å². The molecule has 3 heteroatoms. The predicted octanol–water partition coefficient (Wildman–Crippen LogP) is 4.38. The maximum Gasteiger partial charge on any atom is 0.123 e. The monoisotopic (exact) mass is 283 g/mol. The van der Waals surface area contributed by atoms with Gasteiger partial charge in [0.2, 0.25) is 0 Å². The molecule has 2 aliphatic heterocycles. The maximum absolute atomic E-state index is 13.2. The SMILES string of the molecule is Cc1ccc2c(c1)[C@H]1OCC[C@H]1C(c1ccc(F)cc1)N2. The van der Waals surface area contributed by atoms with E-state index in [0.29, 0.717) is 5.92 Å². The summed E-state index contributed by atoms with van der Waals surface area (Å²) in [6, 6.07) is 13.5. The lowest BCUT2D eigenvalue weighted by Crippen LogP contribution is -2.29. The van der Waals surface area contributed by atoms with E-state index in [4.69, 9.17) is 4.74 Å². The van der Waals surface area contributed by atoms with Crippen LogP contribution in [0.2, 0.25) is 0 Å². The van der Waals surface area contributed by atoms with Crippen LogP contribution in [0, 0.1) is 18.7 Å². The highest BCUT2D eigenvalue weighted by atomic mass is 19.1. The van der Waals surface area contributed by atoms with Crippen LogP contribution in [-0.2, 0) is 4.74 Å². The summed E-state index contributed by atoms with van der Waals surface area (Å²) in [4.78, 5) is 0. The minimum absolute atomic E-state index is 0.149. The van der Waals surface area contributed by atoms with Gasteiger partial charge in [0.25, 0.3) is 0 Å². The Labute approximate surface area is 123 Å². The molecule has 21 heavy (non-hydrogen) atoms. The summed E-state index contributed by atoms with van der Waals surface area (Å²) in [5.74, 6) is 0.217. The lowest BCUT2D eigenvalue weighted by atomic mass is 9.80. The summed E-state index contributed by atoms with van der Waals surface area (Å²) in [7, 11) is 0. The summed E-state index contributed by atoms with van der Waals surface area (Å²) in [6.07, 6.45) is 1.18. The van der Waals surface area contributed by atoms with Crippen molar-refractivity contribution in [1.29, 1.82) is 0 Å². The lowest BCUT2D eigenvalue weighted by Gasteiger charge is -2.36. The van der Waals surface area contributed by atoms with Crippen LogP contribution in [0.5, 0.6) is 0 Å². The molecule has 1 saturated heterocycles. The molecule has 0 spiro atoms. The van der Waals surface area contributed by atoms with Crippen LogP contribution < -0.4 is 5.32 Å². The van der Waals surface area contributed by atoms with Crippen LogP contribution >= 0.6 is 0 Å². The van der Waals surface area contributed by atoms with Gasteiger partial charge in [-0.2, -0.15) is 0 Å². The highest BCUT2D eigenvalue weighted by Gasteiger charge is 2.41. The number of hydrogen-bond acceptors (Lipinski definition) is 2. The largest absolute Gasteiger partial charge is 0.378 e. The summed E-state index contributed by atoms with van der Waals surface area (Å²) in [5.41, 5.74) is 4.78. The minimum Gasteiger partial charge on any atom is -0.378 e. The number of ether oxygens (including phenoxy) is 1. The molecule has 1 fully saturated rings. The van der Waals surface area contributed by atoms with Crippen LogP contribution in [0.25, 0.3) is 0 Å². The molecule has 2 aromatic rings. The predicted molar refractivity (Wildman–Crippen MR) is 80.7 cm³/mol. The molecule has 2 heterocycles. The second kappa shape index (κ2) is 4.85. The zero-order valence-electron chi connectivity index (χ0n) is 12.0. The highest BCUT2D eigenvalue weighted by molar-refractivity contribution is 5.58. The van der Waals surface area contributed by atoms with Gasteiger partial charge in [0.1, 0.15) is 5.82 Å². The molecule has 108 valence electrons. The zero-order valence-corrected chi connectivity index (χ0v) is 12.0. The quantitative estimate of drug-likeness (QED) is 0.838. The summed E-state index contributed by atoms with van der Waals surface area (Å²) >= 11 is 0. The topological polar surface area (TPSA) is 21.3 Å². The second-order valence-electron chi connectivity index (χ2n) is 6.01. The Balaban J connectivity index is 1.77. The molecule has 3 atom stereocenters. The molecule has 0 amide bonds. The first-order valence-electron chi connectivity index (χ1n) is 7.46. The molecular weight excluding hydrogens is 265 g/mol. The van der Waals surface area contributed by atoms with Crippen molar-refractivity contribution in [2.45, 2.75) is 25.5 Å². The van der Waals surface area contributed by atoms with E-state index in [1.807, 2.05) is 12.1 Å². The number of benzene rings is 2. The number of rotatable bonds is 1. The standard InChI is InChI=1S/C18H18FNO/c1-11-2-7-16-15(10-11)18-14(8-9-21-18)17(20-16)12-3-5-13(19)6-4-12/h2-7,10,14,17-18,20H,8-9H2,1H3/t14-,17?,18-/m0/s1. The van der Waals surface area contributed by atoms with Crippen molar-refractivity contribution in [2.75, 3.05) is 11.9 Å². The second-order valence-corrected chi connectivity index (χ2v) is 6.01. The van der Waals surface area contributed by atoms with Gasteiger partial charge in [-0.05, 0) is 37.1 Å². The maximum atomic E-state index is 13.2. The van der Waals surface area contributed by atoms with E-state index in [0.717, 1.165) is 24.3 Å². The third-order valence-corrected chi connectivity index (χ3v) is 4.62. The highest BCUT2D eigenvalue weighted by Crippen LogP contribution is 2.49. The fourth-order valence-corrected chi connectivity index (χ4v) is 3.59. The molecule has 2 nitrogen and oxygen atoms in total. The van der Waals surface area contributed by atoms with E-state index in [-0.39, 0.29) is 18.0 Å². The number of halogens is 1. The van der Waals surface area contributed by atoms with Gasteiger partial charge < -0.3 is 10.1 Å². The van der Waals surface area contributed by atoms with Crippen molar-refractivity contribution in [3.63, 3.8) is 0 Å². The Morgan fingerprint density at radius 1 is 1.14 bits per heavy atom. The Bertz CT molecular complexity index is 667. The lowest BCUT2D eigenvalue weighted by molar-refractivity contribution is 0.0829. The molecule has 2 aromatic carbocycles. The molecule has 0 radical (unpaired) electrons. The van der Waals surface area contributed by atoms with Gasteiger partial charge in [-0.25, -0.2) is 4.39 Å². The van der Waals surface area contributed by atoms with E-state index in [2.05, 4.69) is 30.4 Å². The summed E-state index contributed by atoms with van der Waals surface area (Å²) in [5, 5.41) is 3.63. The smallest absolute Gasteiger partial charge is 0.123 e. The van der Waals surface area contributed by atoms with Crippen LogP contribution in [0.1, 0.15) is 35.3 Å². The molecule has 0 bridgehead atoms. The van der Waals surface area contributed by atoms with Crippen LogP contribution in [0.4, 0.5) is 10.1 Å². The van der Waals surface area contributed by atoms with E-state index in [9.17, 15) is 4.39 Å². The van der Waals surface area contributed by atoms with Gasteiger partial charge in [0.05, 0.1) is 12.1 Å². The number of nitrogens with one attached hydrogen (secondary N) is 1. The first-order valence-corrected chi connectivity index (χ1v) is 7.46. The van der Waals surface area contributed by atoms with Crippen molar-refractivity contribution >= 4 is 5.69 Å². The molecule has 0 aromatic heterocycles. The van der Waals surface area contributed by atoms with Crippen molar-refractivity contribution in [3.8, 4) is 0 Å². The van der Waals surface area contributed by atoms with Gasteiger partial charge >= 0.3 is 0 Å². The molecule has 4 rings (SSSR count). The third-order valence-electron chi connectivity index (χ3n) is 4.62. The minimum atomic E-state index is -0.190. The molecule has 0 aliphatic carbocycles. The average molecular weight is 283 g/mol. The summed E-state index contributed by atoms with van der Waals surface area (Å²) < 4.78 is 19.2. The molecule has 2 aliphatic rings. The molecule has 0 saturated carbocycles. The molecule has 1 N–H and O–H groups in total. The summed E-state index contributed by atoms with van der Waals surface area (Å²) in [6.45, 7) is 2.90. The van der Waals surface area contributed by atoms with Gasteiger partial charge in [0.15, 0.2) is 0 Å². The molecule has 1 unspecified atom stereocenters. The number of hydrogen-bond donors (Lipinski definition) is 1. The fourth-order valence-electron chi connectivity index (χ4n) is 3.59. The van der Waals surface area contributed by atoms with Gasteiger partial charge in [-0.3, -0.25) is 0 Å². The number of fused-ring (bicyclic) bond motifs is 3. The van der Waals surface area contributed by atoms with Crippen molar-refractivity contribution < 1.29 is 9.13 Å². The first-order chi connectivity index (χ1) is 10.2. The Kier molecular flexibility index (Phi) is 2.96. The van der Waals surface area contributed by atoms with E-state index in [1.165, 1.54) is 23.3 Å². The van der Waals surface area contributed by atoms with Crippen LogP contribution in [0.15, 0.2) is 42.5 Å². The van der Waals surface area contributed by atoms with Crippen molar-refractivity contribution in [1.82, 2.24) is 0 Å². The molecular formula is C18H18FNO. The zero-order chi connectivity index (χ0) is 14.4. The fraction of sp³-hybridized carbons (Fsp3) is 0.333. The number of aryl methyl sites for hydroxylation is 1. The van der Waals surface area contributed by atoms with Crippen LogP contribution in [-0.4, -0.2) is 6.61 Å².